The second kappa shape index (κ2) is 6.71. The summed E-state index contributed by atoms with van der Waals surface area (Å²) in [5, 5.41) is 3.37. The SMILES string of the molecule is CCCNc1cc(C)nc(CN2CCN(C3CC3)CC2)n1. The van der Waals surface area contributed by atoms with Gasteiger partial charge in [-0.3, -0.25) is 9.80 Å². The highest BCUT2D eigenvalue weighted by Gasteiger charge is 2.31. The average molecular weight is 289 g/mol. The molecule has 1 saturated heterocycles. The van der Waals surface area contributed by atoms with E-state index in [1.54, 1.807) is 0 Å². The fourth-order valence-electron chi connectivity index (χ4n) is 2.97. The summed E-state index contributed by atoms with van der Waals surface area (Å²) in [6.07, 6.45) is 3.93. The summed E-state index contributed by atoms with van der Waals surface area (Å²) >= 11 is 0. The van der Waals surface area contributed by atoms with Gasteiger partial charge in [0.05, 0.1) is 6.54 Å². The number of anilines is 1. The van der Waals surface area contributed by atoms with Crippen molar-refractivity contribution in [3.63, 3.8) is 0 Å². The molecule has 1 saturated carbocycles. The van der Waals surface area contributed by atoms with Gasteiger partial charge in [-0.15, -0.1) is 0 Å². The topological polar surface area (TPSA) is 44.3 Å². The van der Waals surface area contributed by atoms with Crippen molar-refractivity contribution in [2.75, 3.05) is 38.0 Å². The number of nitrogens with zero attached hydrogens (tertiary/aromatic N) is 4. The summed E-state index contributed by atoms with van der Waals surface area (Å²) in [5.41, 5.74) is 1.05. The Labute approximate surface area is 127 Å². The molecule has 0 spiro atoms. The minimum atomic E-state index is 0.876. The van der Waals surface area contributed by atoms with Crippen LogP contribution in [0.25, 0.3) is 0 Å². The van der Waals surface area contributed by atoms with Gasteiger partial charge in [-0.05, 0) is 26.2 Å². The van der Waals surface area contributed by atoms with Gasteiger partial charge in [0, 0.05) is 50.5 Å². The third kappa shape index (κ3) is 4.14. The maximum atomic E-state index is 4.65. The lowest BCUT2D eigenvalue weighted by atomic mass is 10.3. The highest BCUT2D eigenvalue weighted by Crippen LogP contribution is 2.27. The van der Waals surface area contributed by atoms with Gasteiger partial charge in [-0.2, -0.15) is 0 Å². The van der Waals surface area contributed by atoms with E-state index in [1.165, 1.54) is 25.9 Å². The number of nitrogens with one attached hydrogen (secondary N) is 1. The zero-order valence-corrected chi connectivity index (χ0v) is 13.3. The molecule has 1 aromatic rings. The molecule has 1 N–H and O–H groups in total. The molecule has 2 heterocycles. The van der Waals surface area contributed by atoms with E-state index < -0.39 is 0 Å². The first-order valence-electron chi connectivity index (χ1n) is 8.29. The standard InChI is InChI=1S/C16H27N5/c1-3-6-17-15-11-13(2)18-16(19-15)12-20-7-9-21(10-8-20)14-4-5-14/h11,14H,3-10,12H2,1-2H3,(H,17,18,19). The molecule has 3 rings (SSSR count). The van der Waals surface area contributed by atoms with Crippen LogP contribution in [0.3, 0.4) is 0 Å². The summed E-state index contributed by atoms with van der Waals surface area (Å²) in [5.74, 6) is 1.92. The molecule has 116 valence electrons. The van der Waals surface area contributed by atoms with Gasteiger partial charge in [0.1, 0.15) is 11.6 Å². The minimum Gasteiger partial charge on any atom is -0.370 e. The number of aromatic nitrogens is 2. The molecule has 0 bridgehead atoms. The van der Waals surface area contributed by atoms with Crippen LogP contribution in [-0.4, -0.2) is 58.5 Å². The summed E-state index contributed by atoms with van der Waals surface area (Å²) in [6.45, 7) is 10.8. The van der Waals surface area contributed by atoms with E-state index in [2.05, 4.69) is 32.0 Å². The predicted molar refractivity (Wildman–Crippen MR) is 85.4 cm³/mol. The third-order valence-corrected chi connectivity index (χ3v) is 4.29. The van der Waals surface area contributed by atoms with Crippen molar-refractivity contribution in [2.24, 2.45) is 0 Å². The van der Waals surface area contributed by atoms with E-state index >= 15 is 0 Å². The first kappa shape index (κ1) is 14.7. The summed E-state index contributed by atoms with van der Waals surface area (Å²) in [7, 11) is 0. The van der Waals surface area contributed by atoms with Crippen LogP contribution in [0.15, 0.2) is 6.07 Å². The number of piperazine rings is 1. The maximum Gasteiger partial charge on any atom is 0.144 e. The molecule has 21 heavy (non-hydrogen) atoms. The van der Waals surface area contributed by atoms with Gasteiger partial charge in [-0.1, -0.05) is 6.92 Å². The van der Waals surface area contributed by atoms with Crippen molar-refractivity contribution in [1.82, 2.24) is 19.8 Å². The Bertz CT molecular complexity index is 464. The normalized spacial score (nSPS) is 20.7. The Balaban J connectivity index is 1.55. The molecule has 1 aliphatic carbocycles. The summed E-state index contributed by atoms with van der Waals surface area (Å²) in [6, 6.07) is 2.93. The smallest absolute Gasteiger partial charge is 0.144 e. The fraction of sp³-hybridized carbons (Fsp3) is 0.750. The van der Waals surface area contributed by atoms with E-state index in [4.69, 9.17) is 0 Å². The maximum absolute atomic E-state index is 4.65. The van der Waals surface area contributed by atoms with Gasteiger partial charge >= 0.3 is 0 Å². The van der Waals surface area contributed by atoms with Crippen LogP contribution in [0.2, 0.25) is 0 Å². The Morgan fingerprint density at radius 2 is 1.95 bits per heavy atom. The van der Waals surface area contributed by atoms with Crippen LogP contribution in [-0.2, 0) is 6.54 Å². The Morgan fingerprint density at radius 1 is 1.19 bits per heavy atom. The van der Waals surface area contributed by atoms with Crippen molar-refractivity contribution in [3.05, 3.63) is 17.6 Å². The highest BCUT2D eigenvalue weighted by atomic mass is 15.3. The van der Waals surface area contributed by atoms with Gasteiger partial charge < -0.3 is 5.32 Å². The molecule has 0 radical (unpaired) electrons. The quantitative estimate of drug-likeness (QED) is 0.866. The lowest BCUT2D eigenvalue weighted by molar-refractivity contribution is 0.119. The Hall–Kier alpha value is -1.20. The second-order valence-electron chi connectivity index (χ2n) is 6.28. The molecule has 0 atom stereocenters. The minimum absolute atomic E-state index is 0.876. The largest absolute Gasteiger partial charge is 0.370 e. The van der Waals surface area contributed by atoms with Crippen molar-refractivity contribution in [3.8, 4) is 0 Å². The average Bonchev–Trinajstić information content (AvgIpc) is 3.30. The summed E-state index contributed by atoms with van der Waals surface area (Å²) < 4.78 is 0. The molecule has 5 nitrogen and oxygen atoms in total. The van der Waals surface area contributed by atoms with Gasteiger partial charge in [0.15, 0.2) is 0 Å². The van der Waals surface area contributed by atoms with Crippen LogP contribution in [0, 0.1) is 6.92 Å². The van der Waals surface area contributed by atoms with E-state index in [1.807, 2.05) is 13.0 Å². The molecule has 0 unspecified atom stereocenters. The van der Waals surface area contributed by atoms with E-state index in [0.29, 0.717) is 0 Å². The van der Waals surface area contributed by atoms with Gasteiger partial charge in [0.2, 0.25) is 0 Å². The molecular formula is C16H27N5. The highest BCUT2D eigenvalue weighted by molar-refractivity contribution is 5.35. The van der Waals surface area contributed by atoms with Crippen molar-refractivity contribution < 1.29 is 0 Å². The molecule has 2 aliphatic rings. The lowest BCUT2D eigenvalue weighted by Gasteiger charge is -2.34. The molecule has 1 aliphatic heterocycles. The molecular weight excluding hydrogens is 262 g/mol. The van der Waals surface area contributed by atoms with Gasteiger partial charge in [0.25, 0.3) is 0 Å². The molecule has 0 aromatic carbocycles. The van der Waals surface area contributed by atoms with E-state index in [9.17, 15) is 0 Å². The Morgan fingerprint density at radius 3 is 2.62 bits per heavy atom. The third-order valence-electron chi connectivity index (χ3n) is 4.29. The summed E-state index contributed by atoms with van der Waals surface area (Å²) in [4.78, 5) is 14.4. The van der Waals surface area contributed by atoms with Crippen LogP contribution in [0.4, 0.5) is 5.82 Å². The van der Waals surface area contributed by atoms with Crippen molar-refractivity contribution in [1.29, 1.82) is 0 Å². The predicted octanol–water partition coefficient (Wildman–Crippen LogP) is 1.89. The van der Waals surface area contributed by atoms with Crippen LogP contribution < -0.4 is 5.32 Å². The lowest BCUT2D eigenvalue weighted by Crippen LogP contribution is -2.46. The number of aryl methyl sites for hydroxylation is 1. The second-order valence-corrected chi connectivity index (χ2v) is 6.28. The van der Waals surface area contributed by atoms with Gasteiger partial charge in [-0.25, -0.2) is 9.97 Å². The number of hydrogen-bond donors (Lipinski definition) is 1. The van der Waals surface area contributed by atoms with E-state index in [-0.39, 0.29) is 0 Å². The monoisotopic (exact) mass is 289 g/mol. The van der Waals surface area contributed by atoms with E-state index in [0.717, 1.165) is 56.0 Å². The molecule has 2 fully saturated rings. The number of rotatable bonds is 6. The molecule has 5 heteroatoms. The van der Waals surface area contributed by atoms with Crippen LogP contribution in [0.1, 0.15) is 37.7 Å². The first-order valence-corrected chi connectivity index (χ1v) is 8.29. The fourth-order valence-corrected chi connectivity index (χ4v) is 2.97. The van der Waals surface area contributed by atoms with Crippen molar-refractivity contribution >= 4 is 5.82 Å². The number of hydrogen-bond acceptors (Lipinski definition) is 5. The zero-order valence-electron chi connectivity index (χ0n) is 13.3. The molecule has 1 aromatic heterocycles. The molecule has 0 amide bonds. The Kier molecular flexibility index (Phi) is 4.70. The van der Waals surface area contributed by atoms with Crippen LogP contribution >= 0.6 is 0 Å². The van der Waals surface area contributed by atoms with Crippen LogP contribution in [0.5, 0.6) is 0 Å². The first-order chi connectivity index (χ1) is 10.2. The van der Waals surface area contributed by atoms with Crippen molar-refractivity contribution in [2.45, 2.75) is 45.7 Å². The zero-order chi connectivity index (χ0) is 14.7.